The first-order valence-electron chi connectivity index (χ1n) is 4.63. The maximum absolute atomic E-state index is 12.6. The second-order valence-electron chi connectivity index (χ2n) is 3.55. The van der Waals surface area contributed by atoms with Crippen LogP contribution >= 0.6 is 0 Å². The lowest BCUT2D eigenvalue weighted by Crippen LogP contribution is -2.33. The summed E-state index contributed by atoms with van der Waals surface area (Å²) in [4.78, 5) is 0. The van der Waals surface area contributed by atoms with Gasteiger partial charge in [-0.3, -0.25) is 0 Å². The zero-order chi connectivity index (χ0) is 13.2. The van der Waals surface area contributed by atoms with Gasteiger partial charge in [0.2, 0.25) is 0 Å². The summed E-state index contributed by atoms with van der Waals surface area (Å²) >= 11 is 0. The van der Waals surface area contributed by atoms with Crippen molar-refractivity contribution in [1.82, 2.24) is 0 Å². The van der Waals surface area contributed by atoms with Gasteiger partial charge in [0.05, 0.1) is 0 Å². The zero-order valence-electron chi connectivity index (χ0n) is 9.01. The molecule has 0 radical (unpaired) electrons. The molecule has 0 aliphatic heterocycles. The highest BCUT2D eigenvalue weighted by Gasteiger charge is 2.20. The van der Waals surface area contributed by atoms with Crippen LogP contribution in [0.2, 0.25) is 0 Å². The molecule has 17 heavy (non-hydrogen) atoms. The third-order valence-corrected chi connectivity index (χ3v) is 2.98. The molecule has 90 valence electrons. The van der Waals surface area contributed by atoms with Crippen molar-refractivity contribution < 1.29 is 22.4 Å². The van der Waals surface area contributed by atoms with Crippen LogP contribution in [-0.2, 0) is 16.0 Å². The van der Waals surface area contributed by atoms with Gasteiger partial charge in [0.25, 0.3) is 0 Å². The van der Waals surface area contributed by atoms with Gasteiger partial charge in [-0.1, -0.05) is 5.92 Å². The number of hydrogen-bond donors (Lipinski definition) is 2. The molecular weight excluding hydrogens is 246 g/mol. The molecule has 1 aromatic carbocycles. The van der Waals surface area contributed by atoms with Crippen molar-refractivity contribution >= 4 is 22.8 Å². The minimum absolute atomic E-state index is 0.0686. The number of rotatable bonds is 3. The van der Waals surface area contributed by atoms with E-state index in [1.165, 1.54) is 19.1 Å². The molecule has 0 spiro atoms. The highest BCUT2D eigenvalue weighted by Crippen LogP contribution is 2.14. The van der Waals surface area contributed by atoms with Gasteiger partial charge in [0, 0.05) is 5.56 Å². The van der Waals surface area contributed by atoms with Gasteiger partial charge in [-0.2, -0.15) is 8.42 Å². The van der Waals surface area contributed by atoms with E-state index in [9.17, 15) is 12.3 Å². The Kier molecular flexibility index (Phi) is 3.93. The molecule has 0 atom stereocenters. The summed E-state index contributed by atoms with van der Waals surface area (Å²) in [5.41, 5.74) is 0.739. The van der Waals surface area contributed by atoms with E-state index < -0.39 is 23.1 Å². The minimum Gasteiger partial charge on any atom is -0.423 e. The summed E-state index contributed by atoms with van der Waals surface area (Å²) in [5.74, 6) is 1.40. The first-order chi connectivity index (χ1) is 7.74. The molecule has 0 bridgehead atoms. The number of hydrogen-bond acceptors (Lipinski definition) is 4. The van der Waals surface area contributed by atoms with E-state index in [0.717, 1.165) is 0 Å². The molecule has 0 saturated heterocycles. The Bertz CT molecular complexity index is 575. The quantitative estimate of drug-likeness (QED) is 0.432. The molecule has 0 fully saturated rings. The monoisotopic (exact) mass is 256 g/mol. The fraction of sp³-hybridized carbons (Fsp3) is 0.200. The smallest absolute Gasteiger partial charge is 0.423 e. The van der Waals surface area contributed by atoms with E-state index in [-0.39, 0.29) is 16.6 Å². The average Bonchev–Trinajstić information content (AvgIpc) is 2.18. The van der Waals surface area contributed by atoms with E-state index in [2.05, 4.69) is 5.92 Å². The van der Waals surface area contributed by atoms with Gasteiger partial charge in [-0.05, 0) is 35.6 Å². The van der Waals surface area contributed by atoms with Crippen LogP contribution in [0.15, 0.2) is 12.1 Å². The van der Waals surface area contributed by atoms with Gasteiger partial charge in [0.15, 0.2) is 0 Å². The third kappa shape index (κ3) is 3.56. The van der Waals surface area contributed by atoms with Crippen molar-refractivity contribution in [1.29, 1.82) is 0 Å². The largest absolute Gasteiger partial charge is 0.488 e. The summed E-state index contributed by atoms with van der Waals surface area (Å²) in [6, 6.07) is 2.67. The Morgan fingerprint density at radius 2 is 2.06 bits per heavy atom. The van der Waals surface area contributed by atoms with Crippen LogP contribution < -0.4 is 5.46 Å². The average molecular weight is 256 g/mol. The molecular formula is C10H10BFO4S. The molecule has 0 aliphatic rings. The maximum Gasteiger partial charge on any atom is 0.488 e. The summed E-state index contributed by atoms with van der Waals surface area (Å²) in [6.45, 7) is 1.47. The van der Waals surface area contributed by atoms with Crippen molar-refractivity contribution in [3.05, 3.63) is 28.8 Å². The lowest BCUT2D eigenvalue weighted by atomic mass is 9.75. The topological polar surface area (TPSA) is 74.6 Å². The van der Waals surface area contributed by atoms with Crippen LogP contribution in [-0.4, -0.2) is 25.6 Å². The molecule has 2 N–H and O–H groups in total. The molecule has 1 aromatic rings. The predicted octanol–water partition coefficient (Wildman–Crippen LogP) is -0.545. The third-order valence-electron chi connectivity index (χ3n) is 2.33. The standard InChI is InChI=1S/C10H10BFO4S/c1-3-8-4-9(6-17(12,15)16)7(2)10(5-8)11(13)14/h1,4-5,13-14H,6H2,2H3. The van der Waals surface area contributed by atoms with Crippen LogP contribution in [0.3, 0.4) is 0 Å². The van der Waals surface area contributed by atoms with E-state index in [1.807, 2.05) is 0 Å². The Morgan fingerprint density at radius 3 is 2.47 bits per heavy atom. The van der Waals surface area contributed by atoms with Gasteiger partial charge in [0.1, 0.15) is 5.75 Å². The van der Waals surface area contributed by atoms with Crippen molar-refractivity contribution in [2.75, 3.05) is 0 Å². The fourth-order valence-corrected chi connectivity index (χ4v) is 2.16. The van der Waals surface area contributed by atoms with Crippen molar-refractivity contribution in [2.45, 2.75) is 12.7 Å². The van der Waals surface area contributed by atoms with Crippen LogP contribution in [0.1, 0.15) is 16.7 Å². The van der Waals surface area contributed by atoms with Crippen molar-refractivity contribution in [3.8, 4) is 12.3 Å². The van der Waals surface area contributed by atoms with Gasteiger partial charge in [-0.25, -0.2) is 0 Å². The van der Waals surface area contributed by atoms with Gasteiger partial charge < -0.3 is 10.0 Å². The second-order valence-corrected chi connectivity index (χ2v) is 4.92. The maximum atomic E-state index is 12.6. The van der Waals surface area contributed by atoms with E-state index in [0.29, 0.717) is 5.56 Å². The summed E-state index contributed by atoms with van der Waals surface area (Å²) in [5, 5.41) is 18.2. The summed E-state index contributed by atoms with van der Waals surface area (Å²) in [6.07, 6.45) is 5.15. The first-order valence-corrected chi connectivity index (χ1v) is 6.18. The molecule has 0 aliphatic carbocycles. The molecule has 0 heterocycles. The molecule has 0 saturated carbocycles. The van der Waals surface area contributed by atoms with Crippen LogP contribution in [0.25, 0.3) is 0 Å². The Balaban J connectivity index is 3.40. The molecule has 7 heteroatoms. The fourth-order valence-electron chi connectivity index (χ4n) is 1.49. The second kappa shape index (κ2) is 4.88. The predicted molar refractivity (Wildman–Crippen MR) is 62.7 cm³/mol. The Morgan fingerprint density at radius 1 is 1.47 bits per heavy atom. The van der Waals surface area contributed by atoms with Crippen LogP contribution in [0.5, 0.6) is 0 Å². The first kappa shape index (κ1) is 13.7. The highest BCUT2D eigenvalue weighted by atomic mass is 32.3. The van der Waals surface area contributed by atoms with E-state index >= 15 is 0 Å². The molecule has 1 rings (SSSR count). The van der Waals surface area contributed by atoms with E-state index in [4.69, 9.17) is 16.5 Å². The summed E-state index contributed by atoms with van der Waals surface area (Å²) < 4.78 is 33.8. The number of benzene rings is 1. The number of terminal acetylenes is 1. The lowest BCUT2D eigenvalue weighted by Gasteiger charge is -2.10. The minimum atomic E-state index is -4.70. The molecule has 4 nitrogen and oxygen atoms in total. The molecule has 0 aromatic heterocycles. The summed E-state index contributed by atoms with van der Waals surface area (Å²) in [7, 11) is -6.49. The Hall–Kier alpha value is -1.36. The lowest BCUT2D eigenvalue weighted by molar-refractivity contribution is 0.425. The zero-order valence-corrected chi connectivity index (χ0v) is 9.83. The molecule has 0 unspecified atom stereocenters. The molecule has 0 amide bonds. The van der Waals surface area contributed by atoms with Crippen molar-refractivity contribution in [3.63, 3.8) is 0 Å². The number of halogens is 1. The SMILES string of the molecule is C#Cc1cc(CS(=O)(=O)F)c(C)c(B(O)O)c1. The van der Waals surface area contributed by atoms with Crippen LogP contribution in [0.4, 0.5) is 3.89 Å². The highest BCUT2D eigenvalue weighted by molar-refractivity contribution is 7.85. The van der Waals surface area contributed by atoms with Crippen LogP contribution in [0, 0.1) is 19.3 Å². The normalized spacial score (nSPS) is 11.0. The van der Waals surface area contributed by atoms with Crippen molar-refractivity contribution in [2.24, 2.45) is 0 Å². The Labute approximate surface area is 99.5 Å². The van der Waals surface area contributed by atoms with Gasteiger partial charge in [-0.15, -0.1) is 10.3 Å². The van der Waals surface area contributed by atoms with Gasteiger partial charge >= 0.3 is 17.3 Å². The van der Waals surface area contributed by atoms with E-state index in [1.54, 1.807) is 0 Å².